The topological polar surface area (TPSA) is 71.2 Å². The van der Waals surface area contributed by atoms with Crippen LogP contribution in [0.2, 0.25) is 0 Å². The van der Waals surface area contributed by atoms with Crippen LogP contribution >= 0.6 is 11.3 Å². The van der Waals surface area contributed by atoms with Crippen molar-refractivity contribution in [1.82, 2.24) is 4.98 Å². The van der Waals surface area contributed by atoms with Crippen LogP contribution < -0.4 is 24.8 Å². The molecule has 0 saturated heterocycles. The third kappa shape index (κ3) is 4.94. The van der Waals surface area contributed by atoms with E-state index in [0.717, 1.165) is 29.6 Å². The molecule has 1 heterocycles. The van der Waals surface area contributed by atoms with Crippen molar-refractivity contribution in [3.8, 4) is 5.75 Å². The van der Waals surface area contributed by atoms with Crippen molar-refractivity contribution < 1.29 is 22.7 Å². The van der Waals surface area contributed by atoms with Crippen LogP contribution in [0.4, 0.5) is 18.9 Å². The van der Waals surface area contributed by atoms with Gasteiger partial charge in [0.1, 0.15) is 10.4 Å². The van der Waals surface area contributed by atoms with Gasteiger partial charge in [-0.3, -0.25) is 9.59 Å². The number of para-hydroxylation sites is 2. The number of carbonyl (C=O) groups is 1. The van der Waals surface area contributed by atoms with Gasteiger partial charge in [0.2, 0.25) is 0 Å². The number of H-pyrrole nitrogens is 1. The van der Waals surface area contributed by atoms with Crippen LogP contribution in [0.1, 0.15) is 11.1 Å². The van der Waals surface area contributed by atoms with Crippen LogP contribution in [0, 0.1) is 0 Å². The molecule has 9 heteroatoms. The minimum atomic E-state index is -4.54. The average Bonchev–Trinajstić information content (AvgIpc) is 3.00. The van der Waals surface area contributed by atoms with Gasteiger partial charge >= 0.3 is 6.18 Å². The second-order valence-corrected chi connectivity index (χ2v) is 6.93. The molecule has 29 heavy (non-hydrogen) atoms. The molecule has 0 aliphatic heterocycles. The second kappa shape index (κ2) is 8.36. The SMILES string of the molecule is COc1ccccc1NC(=O)/C=c1\[nH]c(=O)/c(=C\c2ccccc2C(F)(F)F)s1. The number of anilines is 1. The lowest BCUT2D eigenvalue weighted by atomic mass is 10.1. The van der Waals surface area contributed by atoms with Crippen LogP contribution in [-0.2, 0) is 11.0 Å². The molecule has 3 aromatic rings. The van der Waals surface area contributed by atoms with Crippen LogP contribution in [0.15, 0.2) is 53.3 Å². The Morgan fingerprint density at radius 3 is 2.55 bits per heavy atom. The van der Waals surface area contributed by atoms with Crippen molar-refractivity contribution in [3.05, 3.63) is 79.2 Å². The number of benzene rings is 2. The number of rotatable bonds is 4. The summed E-state index contributed by atoms with van der Waals surface area (Å²) in [6, 6.07) is 11.7. The van der Waals surface area contributed by atoms with Crippen LogP contribution in [0.3, 0.4) is 0 Å². The van der Waals surface area contributed by atoms with E-state index in [0.29, 0.717) is 11.4 Å². The lowest BCUT2D eigenvalue weighted by molar-refractivity contribution is -0.137. The number of carbonyl (C=O) groups excluding carboxylic acids is 1. The maximum Gasteiger partial charge on any atom is 0.416 e. The number of aromatic amines is 1. The Balaban J connectivity index is 1.94. The van der Waals surface area contributed by atoms with E-state index in [1.165, 1.54) is 25.3 Å². The van der Waals surface area contributed by atoms with Crippen molar-refractivity contribution in [2.45, 2.75) is 6.18 Å². The molecule has 1 aromatic heterocycles. The van der Waals surface area contributed by atoms with Crippen molar-refractivity contribution in [3.63, 3.8) is 0 Å². The molecule has 5 nitrogen and oxygen atoms in total. The average molecular weight is 420 g/mol. The van der Waals surface area contributed by atoms with Gasteiger partial charge < -0.3 is 15.0 Å². The van der Waals surface area contributed by atoms with Crippen LogP contribution in [-0.4, -0.2) is 18.0 Å². The van der Waals surface area contributed by atoms with Crippen molar-refractivity contribution in [2.24, 2.45) is 0 Å². The van der Waals surface area contributed by atoms with Gasteiger partial charge in [-0.25, -0.2) is 0 Å². The molecule has 0 saturated carbocycles. The highest BCUT2D eigenvalue weighted by atomic mass is 32.1. The Morgan fingerprint density at radius 2 is 1.83 bits per heavy atom. The second-order valence-electron chi connectivity index (χ2n) is 5.85. The van der Waals surface area contributed by atoms with Crippen molar-refractivity contribution in [2.75, 3.05) is 12.4 Å². The molecule has 0 fully saturated rings. The Kier molecular flexibility index (Phi) is 5.88. The Morgan fingerprint density at radius 1 is 1.14 bits per heavy atom. The number of methoxy groups -OCH3 is 1. The molecule has 0 bridgehead atoms. The fourth-order valence-electron chi connectivity index (χ4n) is 2.58. The first-order valence-corrected chi connectivity index (χ1v) is 9.12. The van der Waals surface area contributed by atoms with E-state index < -0.39 is 23.2 Å². The molecule has 2 N–H and O–H groups in total. The molecule has 0 atom stereocenters. The number of ether oxygens (including phenoxy) is 1. The summed E-state index contributed by atoms with van der Waals surface area (Å²) in [4.78, 5) is 26.8. The fraction of sp³-hybridized carbons (Fsp3) is 0.100. The van der Waals surface area contributed by atoms with E-state index in [9.17, 15) is 22.8 Å². The Bertz CT molecular complexity index is 1210. The first-order chi connectivity index (χ1) is 13.8. The zero-order valence-electron chi connectivity index (χ0n) is 15.0. The number of nitrogens with one attached hydrogen (secondary N) is 2. The summed E-state index contributed by atoms with van der Waals surface area (Å²) in [7, 11) is 1.46. The molecule has 1 amide bonds. The Hall–Kier alpha value is -3.33. The van der Waals surface area contributed by atoms with Crippen LogP contribution in [0.5, 0.6) is 5.75 Å². The number of alkyl halides is 3. The summed E-state index contributed by atoms with van der Waals surface area (Å²) in [6.07, 6.45) is -2.23. The highest BCUT2D eigenvalue weighted by Gasteiger charge is 2.32. The van der Waals surface area contributed by atoms with E-state index >= 15 is 0 Å². The number of halogens is 3. The largest absolute Gasteiger partial charge is 0.495 e. The van der Waals surface area contributed by atoms with E-state index in [2.05, 4.69) is 10.3 Å². The number of hydrogen-bond acceptors (Lipinski definition) is 4. The van der Waals surface area contributed by atoms with Gasteiger partial charge in [-0.2, -0.15) is 13.2 Å². The third-order valence-electron chi connectivity index (χ3n) is 3.86. The number of hydrogen-bond donors (Lipinski definition) is 2. The molecule has 0 aliphatic rings. The van der Waals surface area contributed by atoms with Gasteiger partial charge in [-0.05, 0) is 29.8 Å². The lowest BCUT2D eigenvalue weighted by Gasteiger charge is -2.09. The van der Waals surface area contributed by atoms with Gasteiger partial charge in [-0.1, -0.05) is 30.3 Å². The standard InChI is InChI=1S/C20H15F3N2O3S/c1-28-15-9-5-4-8-14(15)24-17(26)11-18-25-19(27)16(29-18)10-12-6-2-3-7-13(12)20(21,22)23/h2-11H,1H3,(H,24,26)(H,25,27)/b16-10+,18-11+. The first kappa shape index (κ1) is 20.4. The van der Waals surface area contributed by atoms with E-state index in [1.54, 1.807) is 24.3 Å². The van der Waals surface area contributed by atoms with E-state index in [1.807, 2.05) is 0 Å². The summed E-state index contributed by atoms with van der Waals surface area (Å²) in [5, 5.41) is 2.62. The molecule has 0 unspecified atom stereocenters. The molecule has 2 aromatic carbocycles. The minimum Gasteiger partial charge on any atom is -0.495 e. The fourth-order valence-corrected chi connectivity index (χ4v) is 3.46. The zero-order chi connectivity index (χ0) is 21.0. The van der Waals surface area contributed by atoms with Crippen molar-refractivity contribution >= 4 is 35.1 Å². The minimum absolute atomic E-state index is 0.0537. The molecule has 150 valence electrons. The summed E-state index contributed by atoms with van der Waals surface area (Å²) in [5.74, 6) is -0.0547. The predicted octanol–water partition coefficient (Wildman–Crippen LogP) is 2.71. The lowest BCUT2D eigenvalue weighted by Crippen LogP contribution is -2.21. The zero-order valence-corrected chi connectivity index (χ0v) is 15.9. The summed E-state index contributed by atoms with van der Waals surface area (Å²) in [5.41, 5.74) is -1.10. The summed E-state index contributed by atoms with van der Waals surface area (Å²) < 4.78 is 44.8. The monoisotopic (exact) mass is 420 g/mol. The number of thiazole rings is 1. The van der Waals surface area contributed by atoms with Gasteiger partial charge in [0.15, 0.2) is 0 Å². The molecule has 0 aliphatic carbocycles. The molecular weight excluding hydrogens is 405 g/mol. The quantitative estimate of drug-likeness (QED) is 0.682. The number of amides is 1. The van der Waals surface area contributed by atoms with Crippen LogP contribution in [0.25, 0.3) is 12.2 Å². The summed E-state index contributed by atoms with van der Waals surface area (Å²) >= 11 is 0.884. The van der Waals surface area contributed by atoms with Gasteiger partial charge in [0.05, 0.1) is 22.9 Å². The van der Waals surface area contributed by atoms with Gasteiger partial charge in [-0.15, -0.1) is 11.3 Å². The van der Waals surface area contributed by atoms with Gasteiger partial charge in [0, 0.05) is 6.08 Å². The number of aromatic nitrogens is 1. The third-order valence-corrected chi connectivity index (χ3v) is 4.82. The Labute approximate surface area is 166 Å². The van der Waals surface area contributed by atoms with Crippen molar-refractivity contribution in [1.29, 1.82) is 0 Å². The highest BCUT2D eigenvalue weighted by molar-refractivity contribution is 7.07. The van der Waals surface area contributed by atoms with E-state index in [-0.39, 0.29) is 14.8 Å². The maximum absolute atomic E-state index is 13.1. The molecular formula is C20H15F3N2O3S. The van der Waals surface area contributed by atoms with Gasteiger partial charge in [0.25, 0.3) is 11.5 Å². The predicted molar refractivity (Wildman–Crippen MR) is 105 cm³/mol. The maximum atomic E-state index is 13.1. The smallest absolute Gasteiger partial charge is 0.416 e. The molecule has 3 rings (SSSR count). The molecule has 0 radical (unpaired) electrons. The normalized spacial score (nSPS) is 12.8. The first-order valence-electron chi connectivity index (χ1n) is 8.31. The highest BCUT2D eigenvalue weighted by Crippen LogP contribution is 2.32. The van der Waals surface area contributed by atoms with E-state index in [4.69, 9.17) is 4.74 Å². The summed E-state index contributed by atoms with van der Waals surface area (Å²) in [6.45, 7) is 0. The molecule has 0 spiro atoms.